The third-order valence-electron chi connectivity index (χ3n) is 5.61. The maximum absolute atomic E-state index is 12.7. The molecule has 0 aromatic heterocycles. The molecule has 4 heteroatoms. The lowest BCUT2D eigenvalue weighted by atomic mass is 10.0. The molecule has 0 bridgehead atoms. The van der Waals surface area contributed by atoms with Crippen molar-refractivity contribution in [2.45, 2.75) is 45.8 Å². The fraction of sp³-hybridized carbons (Fsp3) is 0.458. The predicted molar refractivity (Wildman–Crippen MR) is 115 cm³/mol. The summed E-state index contributed by atoms with van der Waals surface area (Å²) in [6.45, 7) is 10.3. The Hall–Kier alpha value is -2.17. The first-order valence-corrected chi connectivity index (χ1v) is 10.6. The van der Waals surface area contributed by atoms with E-state index in [1.165, 1.54) is 11.1 Å². The van der Waals surface area contributed by atoms with Crippen molar-refractivity contribution in [1.82, 2.24) is 15.1 Å². The average Bonchev–Trinajstić information content (AvgIpc) is 2.73. The lowest BCUT2D eigenvalue weighted by Crippen LogP contribution is -2.47. The number of amides is 1. The standard InChI is InChI=1S/C24H33N3O/c1-3-26(4-2)17-21-12-14-22(15-13-21)24(28)25-23-11-8-16-27(19-23)18-20-9-6-5-7-10-20/h5-7,9-10,12-15,23H,3-4,8,11,16-19H2,1-2H3,(H,25,28). The summed E-state index contributed by atoms with van der Waals surface area (Å²) in [6.07, 6.45) is 2.18. The second-order valence-corrected chi connectivity index (χ2v) is 7.69. The van der Waals surface area contributed by atoms with E-state index in [4.69, 9.17) is 0 Å². The number of hydrogen-bond acceptors (Lipinski definition) is 3. The molecule has 0 spiro atoms. The molecule has 1 saturated heterocycles. The second-order valence-electron chi connectivity index (χ2n) is 7.69. The summed E-state index contributed by atoms with van der Waals surface area (Å²) < 4.78 is 0. The van der Waals surface area contributed by atoms with E-state index in [0.717, 1.165) is 57.7 Å². The number of hydrogen-bond donors (Lipinski definition) is 1. The summed E-state index contributed by atoms with van der Waals surface area (Å²) >= 11 is 0. The normalized spacial score (nSPS) is 17.6. The summed E-state index contributed by atoms with van der Waals surface area (Å²) in [7, 11) is 0. The van der Waals surface area contributed by atoms with Gasteiger partial charge in [-0.2, -0.15) is 0 Å². The molecule has 3 rings (SSSR count). The molecule has 1 aliphatic heterocycles. The lowest BCUT2D eigenvalue weighted by molar-refractivity contribution is 0.0901. The van der Waals surface area contributed by atoms with Crippen LogP contribution in [0.5, 0.6) is 0 Å². The van der Waals surface area contributed by atoms with Gasteiger partial charge in [-0.15, -0.1) is 0 Å². The zero-order valence-corrected chi connectivity index (χ0v) is 17.2. The molecule has 4 nitrogen and oxygen atoms in total. The van der Waals surface area contributed by atoms with Crippen molar-refractivity contribution in [3.63, 3.8) is 0 Å². The van der Waals surface area contributed by atoms with Crippen LogP contribution in [0.1, 0.15) is 48.2 Å². The number of piperidine rings is 1. The van der Waals surface area contributed by atoms with Crippen LogP contribution in [0.3, 0.4) is 0 Å². The molecule has 1 heterocycles. The number of likely N-dealkylation sites (tertiary alicyclic amines) is 1. The topological polar surface area (TPSA) is 35.6 Å². The molecule has 28 heavy (non-hydrogen) atoms. The van der Waals surface area contributed by atoms with Crippen molar-refractivity contribution in [2.24, 2.45) is 0 Å². The second kappa shape index (κ2) is 10.4. The summed E-state index contributed by atoms with van der Waals surface area (Å²) in [5, 5.41) is 3.24. The fourth-order valence-electron chi connectivity index (χ4n) is 3.89. The molecule has 1 aliphatic rings. The number of rotatable bonds is 8. The molecule has 2 aromatic carbocycles. The summed E-state index contributed by atoms with van der Waals surface area (Å²) in [5.74, 6) is 0.0425. The summed E-state index contributed by atoms with van der Waals surface area (Å²) in [6, 6.07) is 18.9. The molecule has 0 aliphatic carbocycles. The molecular formula is C24H33N3O. The molecule has 1 unspecified atom stereocenters. The highest BCUT2D eigenvalue weighted by molar-refractivity contribution is 5.94. The van der Waals surface area contributed by atoms with Crippen molar-refractivity contribution in [3.05, 3.63) is 71.3 Å². The molecule has 1 amide bonds. The quantitative estimate of drug-likeness (QED) is 0.755. The molecule has 0 radical (unpaired) electrons. The largest absolute Gasteiger partial charge is 0.348 e. The van der Waals surface area contributed by atoms with E-state index < -0.39 is 0 Å². The van der Waals surface area contributed by atoms with Gasteiger partial charge in [-0.05, 0) is 55.7 Å². The number of nitrogens with zero attached hydrogens (tertiary/aromatic N) is 2. The Kier molecular flexibility index (Phi) is 7.63. The van der Waals surface area contributed by atoms with Crippen LogP contribution in [0.25, 0.3) is 0 Å². The summed E-state index contributed by atoms with van der Waals surface area (Å²) in [4.78, 5) is 17.5. The zero-order chi connectivity index (χ0) is 19.8. The first-order chi connectivity index (χ1) is 13.7. The van der Waals surface area contributed by atoms with Crippen molar-refractivity contribution in [1.29, 1.82) is 0 Å². The Labute approximate surface area is 169 Å². The SMILES string of the molecule is CCN(CC)Cc1ccc(C(=O)NC2CCCN(Cc3ccccc3)C2)cc1. The van der Waals surface area contributed by atoms with Gasteiger partial charge < -0.3 is 5.32 Å². The average molecular weight is 380 g/mol. The maximum atomic E-state index is 12.7. The van der Waals surface area contributed by atoms with Crippen LogP contribution in [0, 0.1) is 0 Å². The van der Waals surface area contributed by atoms with Crippen molar-refractivity contribution in [2.75, 3.05) is 26.2 Å². The van der Waals surface area contributed by atoms with Crippen LogP contribution < -0.4 is 5.32 Å². The van der Waals surface area contributed by atoms with E-state index in [0.29, 0.717) is 0 Å². The fourth-order valence-corrected chi connectivity index (χ4v) is 3.89. The molecule has 1 fully saturated rings. The monoisotopic (exact) mass is 379 g/mol. The third-order valence-corrected chi connectivity index (χ3v) is 5.61. The maximum Gasteiger partial charge on any atom is 0.251 e. The minimum absolute atomic E-state index is 0.0425. The minimum atomic E-state index is 0.0425. The van der Waals surface area contributed by atoms with Crippen LogP contribution in [0.4, 0.5) is 0 Å². The van der Waals surface area contributed by atoms with Crippen molar-refractivity contribution in [3.8, 4) is 0 Å². The number of carbonyl (C=O) groups excluding carboxylic acids is 1. The Morgan fingerprint density at radius 3 is 2.43 bits per heavy atom. The Morgan fingerprint density at radius 1 is 1.04 bits per heavy atom. The van der Waals surface area contributed by atoms with Gasteiger partial charge in [0, 0.05) is 31.2 Å². The van der Waals surface area contributed by atoms with E-state index in [9.17, 15) is 4.79 Å². The molecule has 150 valence electrons. The number of carbonyl (C=O) groups is 1. The van der Waals surface area contributed by atoms with Crippen LogP contribution >= 0.6 is 0 Å². The Morgan fingerprint density at radius 2 is 1.75 bits per heavy atom. The van der Waals surface area contributed by atoms with Crippen LogP contribution in [0.2, 0.25) is 0 Å². The highest BCUT2D eigenvalue weighted by Crippen LogP contribution is 2.15. The van der Waals surface area contributed by atoms with Gasteiger partial charge in [0.1, 0.15) is 0 Å². The number of nitrogens with one attached hydrogen (secondary N) is 1. The molecule has 1 N–H and O–H groups in total. The summed E-state index contributed by atoms with van der Waals surface area (Å²) in [5.41, 5.74) is 3.34. The van der Waals surface area contributed by atoms with E-state index in [-0.39, 0.29) is 11.9 Å². The molecule has 0 saturated carbocycles. The van der Waals surface area contributed by atoms with Gasteiger partial charge in [0.2, 0.25) is 0 Å². The van der Waals surface area contributed by atoms with E-state index >= 15 is 0 Å². The van der Waals surface area contributed by atoms with Gasteiger partial charge >= 0.3 is 0 Å². The van der Waals surface area contributed by atoms with Crippen molar-refractivity contribution < 1.29 is 4.79 Å². The smallest absolute Gasteiger partial charge is 0.251 e. The van der Waals surface area contributed by atoms with Gasteiger partial charge in [0.15, 0.2) is 0 Å². The molecule has 2 aromatic rings. The predicted octanol–water partition coefficient (Wildman–Crippen LogP) is 3.92. The Bertz CT molecular complexity index is 725. The van der Waals surface area contributed by atoms with Gasteiger partial charge in [-0.25, -0.2) is 0 Å². The first kappa shape index (κ1) is 20.6. The highest BCUT2D eigenvalue weighted by atomic mass is 16.1. The number of benzene rings is 2. The van der Waals surface area contributed by atoms with Gasteiger partial charge in [0.05, 0.1) is 0 Å². The Balaban J connectivity index is 1.52. The molecule has 1 atom stereocenters. The van der Waals surface area contributed by atoms with Gasteiger partial charge in [-0.3, -0.25) is 14.6 Å². The van der Waals surface area contributed by atoms with Crippen LogP contribution in [0.15, 0.2) is 54.6 Å². The van der Waals surface area contributed by atoms with E-state index in [1.807, 2.05) is 12.1 Å². The van der Waals surface area contributed by atoms with Gasteiger partial charge in [-0.1, -0.05) is 56.3 Å². The van der Waals surface area contributed by atoms with Crippen molar-refractivity contribution >= 4 is 5.91 Å². The van der Waals surface area contributed by atoms with E-state index in [1.54, 1.807) is 0 Å². The first-order valence-electron chi connectivity index (χ1n) is 10.6. The third kappa shape index (κ3) is 5.91. The highest BCUT2D eigenvalue weighted by Gasteiger charge is 2.22. The lowest BCUT2D eigenvalue weighted by Gasteiger charge is -2.33. The van der Waals surface area contributed by atoms with Crippen LogP contribution in [-0.2, 0) is 13.1 Å². The van der Waals surface area contributed by atoms with Gasteiger partial charge in [0.25, 0.3) is 5.91 Å². The van der Waals surface area contributed by atoms with Crippen LogP contribution in [-0.4, -0.2) is 47.9 Å². The minimum Gasteiger partial charge on any atom is -0.348 e. The molecular weight excluding hydrogens is 346 g/mol. The van der Waals surface area contributed by atoms with E-state index in [2.05, 4.69) is 71.4 Å². The zero-order valence-electron chi connectivity index (χ0n) is 17.2.